The molecule has 1 saturated heterocycles. The van der Waals surface area contributed by atoms with Crippen LogP contribution in [-0.2, 0) is 14.5 Å². The normalized spacial score (nSPS) is 24.3. The Hall–Kier alpha value is -2.72. The zero-order chi connectivity index (χ0) is 18.8. The maximum atomic E-state index is 6.23. The van der Waals surface area contributed by atoms with Gasteiger partial charge in [-0.2, -0.15) is 4.89 Å². The summed E-state index contributed by atoms with van der Waals surface area (Å²) in [6, 6.07) is 29.0. The summed E-state index contributed by atoms with van der Waals surface area (Å²) in [5.74, 6) is 0. The SMILES string of the molecule is C1=C(c2ccc(-c3ccccc3)cc2)[C@@H]2OOC(c3ccccc3)O[C@H]2CC1. The second kappa shape index (κ2) is 7.72. The first-order valence-corrected chi connectivity index (χ1v) is 9.77. The lowest BCUT2D eigenvalue weighted by Gasteiger charge is -2.38. The Balaban J connectivity index is 1.35. The van der Waals surface area contributed by atoms with Crippen molar-refractivity contribution in [3.05, 3.63) is 102 Å². The lowest BCUT2D eigenvalue weighted by Crippen LogP contribution is -2.41. The van der Waals surface area contributed by atoms with Gasteiger partial charge < -0.3 is 4.74 Å². The number of benzene rings is 3. The molecule has 3 nitrogen and oxygen atoms in total. The van der Waals surface area contributed by atoms with Gasteiger partial charge in [0.2, 0.25) is 6.29 Å². The van der Waals surface area contributed by atoms with Crippen molar-refractivity contribution >= 4 is 5.57 Å². The molecule has 3 aromatic carbocycles. The highest BCUT2D eigenvalue weighted by Gasteiger charge is 2.38. The molecule has 1 aliphatic carbocycles. The average molecular weight is 370 g/mol. The molecule has 0 bridgehead atoms. The largest absolute Gasteiger partial charge is 0.339 e. The topological polar surface area (TPSA) is 27.7 Å². The second-order valence-corrected chi connectivity index (χ2v) is 7.21. The summed E-state index contributed by atoms with van der Waals surface area (Å²) in [6.07, 6.45) is 3.48. The molecule has 2 aliphatic rings. The summed E-state index contributed by atoms with van der Waals surface area (Å²) >= 11 is 0. The van der Waals surface area contributed by atoms with Crippen molar-refractivity contribution < 1.29 is 14.5 Å². The van der Waals surface area contributed by atoms with Crippen molar-refractivity contribution in [2.45, 2.75) is 31.3 Å². The van der Waals surface area contributed by atoms with Gasteiger partial charge in [0.15, 0.2) is 0 Å². The van der Waals surface area contributed by atoms with Gasteiger partial charge in [-0.3, -0.25) is 0 Å². The van der Waals surface area contributed by atoms with Gasteiger partial charge in [0.05, 0.1) is 6.10 Å². The maximum Gasteiger partial charge on any atom is 0.217 e. The summed E-state index contributed by atoms with van der Waals surface area (Å²) in [5.41, 5.74) is 5.70. The van der Waals surface area contributed by atoms with Gasteiger partial charge in [-0.25, -0.2) is 4.89 Å². The van der Waals surface area contributed by atoms with Crippen LogP contribution in [0.2, 0.25) is 0 Å². The van der Waals surface area contributed by atoms with Crippen LogP contribution in [0.1, 0.15) is 30.3 Å². The Labute approximate surface area is 165 Å². The highest BCUT2D eigenvalue weighted by molar-refractivity contribution is 5.73. The molecule has 3 aromatic rings. The van der Waals surface area contributed by atoms with Gasteiger partial charge in [-0.1, -0.05) is 91.0 Å². The third-order valence-corrected chi connectivity index (χ3v) is 5.40. The minimum atomic E-state index is -0.470. The van der Waals surface area contributed by atoms with Crippen LogP contribution >= 0.6 is 0 Å². The molecule has 3 heteroatoms. The number of hydrogen-bond acceptors (Lipinski definition) is 3. The van der Waals surface area contributed by atoms with Crippen molar-refractivity contribution in [1.29, 1.82) is 0 Å². The summed E-state index contributed by atoms with van der Waals surface area (Å²) in [4.78, 5) is 11.5. The molecule has 140 valence electrons. The van der Waals surface area contributed by atoms with Crippen molar-refractivity contribution in [3.8, 4) is 11.1 Å². The van der Waals surface area contributed by atoms with Crippen LogP contribution in [0.3, 0.4) is 0 Å². The number of allylic oxidation sites excluding steroid dienone is 1. The fraction of sp³-hybridized carbons (Fsp3) is 0.200. The molecule has 0 amide bonds. The molecule has 0 radical (unpaired) electrons. The highest BCUT2D eigenvalue weighted by atomic mass is 17.2. The predicted molar refractivity (Wildman–Crippen MR) is 109 cm³/mol. The summed E-state index contributed by atoms with van der Waals surface area (Å²) < 4.78 is 6.23. The standard InChI is InChI=1S/C25H22O3/c1-3-8-18(9-4-1)19-14-16-20(17-15-19)22-12-7-13-23-24(22)27-28-25(26-23)21-10-5-2-6-11-21/h1-6,8-12,14-17,23-25H,7,13H2/t23-,24-,25?/m0/s1. The minimum absolute atomic E-state index is 0.00671. The molecule has 0 N–H and O–H groups in total. The Morgan fingerprint density at radius 3 is 2.04 bits per heavy atom. The molecule has 0 spiro atoms. The molecule has 28 heavy (non-hydrogen) atoms. The first kappa shape index (κ1) is 17.4. The maximum absolute atomic E-state index is 6.23. The number of fused-ring (bicyclic) bond motifs is 1. The zero-order valence-electron chi connectivity index (χ0n) is 15.5. The molecule has 1 unspecified atom stereocenters. The van der Waals surface area contributed by atoms with Crippen molar-refractivity contribution in [1.82, 2.24) is 0 Å². The molecule has 0 aromatic heterocycles. The Bertz CT molecular complexity index is 948. The Morgan fingerprint density at radius 1 is 0.643 bits per heavy atom. The lowest BCUT2D eigenvalue weighted by molar-refractivity contribution is -0.453. The van der Waals surface area contributed by atoms with E-state index in [0.717, 1.165) is 29.5 Å². The second-order valence-electron chi connectivity index (χ2n) is 7.21. The summed E-state index contributed by atoms with van der Waals surface area (Å²) in [7, 11) is 0. The van der Waals surface area contributed by atoms with E-state index >= 15 is 0 Å². The van der Waals surface area contributed by atoms with Crippen LogP contribution in [0.4, 0.5) is 0 Å². The summed E-state index contributed by atoms with van der Waals surface area (Å²) in [6.45, 7) is 0. The van der Waals surface area contributed by atoms with Gasteiger partial charge in [-0.15, -0.1) is 0 Å². The zero-order valence-corrected chi connectivity index (χ0v) is 15.5. The van der Waals surface area contributed by atoms with Crippen molar-refractivity contribution in [3.63, 3.8) is 0 Å². The molecular formula is C25H22O3. The van der Waals surface area contributed by atoms with E-state index in [2.05, 4.69) is 54.6 Å². The van der Waals surface area contributed by atoms with E-state index in [9.17, 15) is 0 Å². The van der Waals surface area contributed by atoms with Crippen LogP contribution in [0, 0.1) is 0 Å². The monoisotopic (exact) mass is 370 g/mol. The van der Waals surface area contributed by atoms with Gasteiger partial charge in [0.25, 0.3) is 0 Å². The highest BCUT2D eigenvalue weighted by Crippen LogP contribution is 2.39. The molecular weight excluding hydrogens is 348 g/mol. The van der Waals surface area contributed by atoms with E-state index in [-0.39, 0.29) is 12.2 Å². The lowest BCUT2D eigenvalue weighted by atomic mass is 9.88. The Kier molecular flexibility index (Phi) is 4.79. The molecule has 5 rings (SSSR count). The third-order valence-electron chi connectivity index (χ3n) is 5.40. The fourth-order valence-corrected chi connectivity index (χ4v) is 3.93. The van der Waals surface area contributed by atoms with Crippen molar-refractivity contribution in [2.24, 2.45) is 0 Å². The number of hydrogen-bond donors (Lipinski definition) is 0. The van der Waals surface area contributed by atoms with Gasteiger partial charge in [-0.05, 0) is 35.1 Å². The quantitative estimate of drug-likeness (QED) is 0.534. The molecule has 1 fully saturated rings. The van der Waals surface area contributed by atoms with E-state index in [1.807, 2.05) is 36.4 Å². The molecule has 1 aliphatic heterocycles. The smallest absolute Gasteiger partial charge is 0.217 e. The molecule has 3 atom stereocenters. The van der Waals surface area contributed by atoms with Crippen LogP contribution in [0.15, 0.2) is 91.0 Å². The van der Waals surface area contributed by atoms with E-state index in [0.29, 0.717) is 0 Å². The van der Waals surface area contributed by atoms with E-state index < -0.39 is 6.29 Å². The first-order valence-electron chi connectivity index (χ1n) is 9.77. The van der Waals surface area contributed by atoms with Crippen LogP contribution in [-0.4, -0.2) is 12.2 Å². The molecule has 1 heterocycles. The van der Waals surface area contributed by atoms with Crippen LogP contribution < -0.4 is 0 Å². The van der Waals surface area contributed by atoms with Crippen molar-refractivity contribution in [2.75, 3.05) is 0 Å². The minimum Gasteiger partial charge on any atom is -0.339 e. The predicted octanol–water partition coefficient (Wildman–Crippen LogP) is 5.95. The van der Waals surface area contributed by atoms with Gasteiger partial charge in [0.1, 0.15) is 6.10 Å². The average Bonchev–Trinajstić information content (AvgIpc) is 2.79. The van der Waals surface area contributed by atoms with Gasteiger partial charge >= 0.3 is 0 Å². The Morgan fingerprint density at radius 2 is 1.29 bits per heavy atom. The van der Waals surface area contributed by atoms with Crippen LogP contribution in [0.5, 0.6) is 0 Å². The molecule has 0 saturated carbocycles. The number of ether oxygens (including phenoxy) is 1. The van der Waals surface area contributed by atoms with Gasteiger partial charge in [0, 0.05) is 5.56 Å². The van der Waals surface area contributed by atoms with E-state index in [1.54, 1.807) is 0 Å². The van der Waals surface area contributed by atoms with E-state index in [1.165, 1.54) is 11.1 Å². The summed E-state index contributed by atoms with van der Waals surface area (Å²) in [5, 5.41) is 0. The third kappa shape index (κ3) is 3.40. The fourth-order valence-electron chi connectivity index (χ4n) is 3.93. The van der Waals surface area contributed by atoms with E-state index in [4.69, 9.17) is 14.5 Å². The van der Waals surface area contributed by atoms with Crippen LogP contribution in [0.25, 0.3) is 16.7 Å². The first-order chi connectivity index (χ1) is 13.9. The number of rotatable bonds is 3.